The number of piperidine rings is 1. The number of likely N-dealkylation sites (tertiary alicyclic amines) is 1. The van der Waals surface area contributed by atoms with Gasteiger partial charge in [0.15, 0.2) is 0 Å². The molecule has 0 aromatic heterocycles. The Labute approximate surface area is 122 Å². The molecule has 1 saturated heterocycles. The van der Waals surface area contributed by atoms with Crippen LogP contribution in [0.15, 0.2) is 24.3 Å². The van der Waals surface area contributed by atoms with Crippen molar-refractivity contribution in [1.29, 1.82) is 0 Å². The summed E-state index contributed by atoms with van der Waals surface area (Å²) in [4.78, 5) is 2.09. The molecule has 0 bridgehead atoms. The summed E-state index contributed by atoms with van der Waals surface area (Å²) in [5, 5.41) is 0. The Bertz CT molecular complexity index is 473. The lowest BCUT2D eigenvalue weighted by Gasteiger charge is -2.47. The van der Waals surface area contributed by atoms with Crippen LogP contribution in [0.3, 0.4) is 0 Å². The molecule has 5 heteroatoms. The molecule has 1 fully saturated rings. The molecular formula is C16H21F4N. The van der Waals surface area contributed by atoms with E-state index in [2.05, 4.69) is 4.90 Å². The maximum absolute atomic E-state index is 13.1. The number of hydrogen-bond donors (Lipinski definition) is 0. The van der Waals surface area contributed by atoms with Crippen molar-refractivity contribution in [3.63, 3.8) is 0 Å². The second kappa shape index (κ2) is 5.59. The zero-order valence-corrected chi connectivity index (χ0v) is 12.5. The molecule has 1 nitrogen and oxygen atoms in total. The van der Waals surface area contributed by atoms with Crippen LogP contribution in [-0.4, -0.2) is 23.2 Å². The third-order valence-electron chi connectivity index (χ3n) is 4.18. The predicted octanol–water partition coefficient (Wildman–Crippen LogP) is 4.94. The van der Waals surface area contributed by atoms with Crippen LogP contribution in [0.25, 0.3) is 0 Å². The molecule has 0 radical (unpaired) electrons. The van der Waals surface area contributed by atoms with Gasteiger partial charge in [-0.1, -0.05) is 12.1 Å². The molecule has 21 heavy (non-hydrogen) atoms. The Balaban J connectivity index is 2.31. The van der Waals surface area contributed by atoms with Gasteiger partial charge in [-0.2, -0.15) is 13.2 Å². The fourth-order valence-electron chi connectivity index (χ4n) is 3.07. The molecule has 0 amide bonds. The second-order valence-electron chi connectivity index (χ2n) is 6.69. The first-order valence-corrected chi connectivity index (χ1v) is 7.18. The largest absolute Gasteiger partial charge is 0.391 e. The van der Waals surface area contributed by atoms with Crippen LogP contribution in [-0.2, 0) is 0 Å². The highest BCUT2D eigenvalue weighted by Gasteiger charge is 2.46. The molecule has 0 N–H and O–H groups in total. The lowest BCUT2D eigenvalue weighted by molar-refractivity contribution is -0.194. The Morgan fingerprint density at radius 2 is 1.62 bits per heavy atom. The maximum atomic E-state index is 13.1. The van der Waals surface area contributed by atoms with Gasteiger partial charge >= 0.3 is 6.18 Å². The topological polar surface area (TPSA) is 3.24 Å². The Kier molecular flexibility index (Phi) is 4.34. The highest BCUT2D eigenvalue weighted by Crippen LogP contribution is 2.44. The SMILES string of the molecule is CC(C)(C)N1CCC(C(F)(F)F)CC1c1ccc(F)cc1. The van der Waals surface area contributed by atoms with Crippen molar-refractivity contribution in [2.45, 2.75) is 51.4 Å². The van der Waals surface area contributed by atoms with Gasteiger partial charge in [0.05, 0.1) is 5.92 Å². The van der Waals surface area contributed by atoms with Crippen LogP contribution in [0.4, 0.5) is 17.6 Å². The van der Waals surface area contributed by atoms with E-state index in [1.165, 1.54) is 12.1 Å². The van der Waals surface area contributed by atoms with E-state index in [1.807, 2.05) is 20.8 Å². The average molecular weight is 303 g/mol. The van der Waals surface area contributed by atoms with Crippen LogP contribution in [0.5, 0.6) is 0 Å². The Hall–Kier alpha value is -1.10. The van der Waals surface area contributed by atoms with Crippen molar-refractivity contribution < 1.29 is 17.6 Å². The van der Waals surface area contributed by atoms with Gasteiger partial charge in [-0.05, 0) is 57.9 Å². The first-order valence-electron chi connectivity index (χ1n) is 7.18. The summed E-state index contributed by atoms with van der Waals surface area (Å²) in [5.41, 5.74) is 0.524. The number of rotatable bonds is 1. The van der Waals surface area contributed by atoms with E-state index in [9.17, 15) is 17.6 Å². The van der Waals surface area contributed by atoms with Crippen LogP contribution in [0.2, 0.25) is 0 Å². The fraction of sp³-hybridized carbons (Fsp3) is 0.625. The molecular weight excluding hydrogens is 282 g/mol. The Morgan fingerprint density at radius 3 is 2.10 bits per heavy atom. The lowest BCUT2D eigenvalue weighted by atomic mass is 9.84. The van der Waals surface area contributed by atoms with Crippen LogP contribution < -0.4 is 0 Å². The van der Waals surface area contributed by atoms with E-state index >= 15 is 0 Å². The van der Waals surface area contributed by atoms with Gasteiger partial charge in [0, 0.05) is 11.6 Å². The van der Waals surface area contributed by atoms with Gasteiger partial charge in [-0.25, -0.2) is 4.39 Å². The highest BCUT2D eigenvalue weighted by molar-refractivity contribution is 5.21. The van der Waals surface area contributed by atoms with E-state index in [0.29, 0.717) is 6.54 Å². The molecule has 2 atom stereocenters. The standard InChI is InChI=1S/C16H21F4N/c1-15(2,3)21-9-8-12(16(18,19)20)10-14(21)11-4-6-13(17)7-5-11/h4-7,12,14H,8-10H2,1-3H3. The summed E-state index contributed by atoms with van der Waals surface area (Å²) in [6.45, 7) is 6.39. The summed E-state index contributed by atoms with van der Waals surface area (Å²) >= 11 is 0. The van der Waals surface area contributed by atoms with Crippen LogP contribution in [0.1, 0.15) is 45.2 Å². The Morgan fingerprint density at radius 1 is 1.05 bits per heavy atom. The molecule has 118 valence electrons. The zero-order chi connectivity index (χ0) is 15.8. The summed E-state index contributed by atoms with van der Waals surface area (Å²) in [6.07, 6.45) is -4.01. The van der Waals surface area contributed by atoms with Gasteiger partial charge in [0.2, 0.25) is 0 Å². The smallest absolute Gasteiger partial charge is 0.291 e. The normalized spacial score (nSPS) is 25.1. The minimum Gasteiger partial charge on any atom is -0.291 e. The molecule has 1 aromatic rings. The van der Waals surface area contributed by atoms with Crippen molar-refractivity contribution in [2.24, 2.45) is 5.92 Å². The summed E-state index contributed by atoms with van der Waals surface area (Å²) in [7, 11) is 0. The molecule has 0 spiro atoms. The average Bonchev–Trinajstić information content (AvgIpc) is 2.37. The number of alkyl halides is 3. The minimum atomic E-state index is -4.16. The molecule has 0 saturated carbocycles. The third-order valence-corrected chi connectivity index (χ3v) is 4.18. The number of benzene rings is 1. The molecule has 0 aliphatic carbocycles. The van der Waals surface area contributed by atoms with Gasteiger partial charge in [-0.15, -0.1) is 0 Å². The number of hydrogen-bond acceptors (Lipinski definition) is 1. The minimum absolute atomic E-state index is 0.0341. The first-order chi connectivity index (χ1) is 9.59. The second-order valence-corrected chi connectivity index (χ2v) is 6.69. The number of halogens is 4. The summed E-state index contributed by atoms with van der Waals surface area (Å²) < 4.78 is 52.2. The van der Waals surface area contributed by atoms with Crippen molar-refractivity contribution in [3.05, 3.63) is 35.6 Å². The highest BCUT2D eigenvalue weighted by atomic mass is 19.4. The molecule has 2 rings (SSSR count). The van der Waals surface area contributed by atoms with Crippen molar-refractivity contribution in [3.8, 4) is 0 Å². The molecule has 1 aromatic carbocycles. The van der Waals surface area contributed by atoms with Crippen molar-refractivity contribution in [1.82, 2.24) is 4.90 Å². The third kappa shape index (κ3) is 3.76. The van der Waals surface area contributed by atoms with Gasteiger partial charge in [-0.3, -0.25) is 4.90 Å². The van der Waals surface area contributed by atoms with Crippen molar-refractivity contribution >= 4 is 0 Å². The van der Waals surface area contributed by atoms with Gasteiger partial charge in [0.25, 0.3) is 0 Å². The lowest BCUT2D eigenvalue weighted by Crippen LogP contribution is -2.49. The van der Waals surface area contributed by atoms with Gasteiger partial charge in [0.1, 0.15) is 5.82 Å². The van der Waals surface area contributed by atoms with E-state index in [1.54, 1.807) is 12.1 Å². The predicted molar refractivity (Wildman–Crippen MR) is 74.4 cm³/mol. The van der Waals surface area contributed by atoms with Gasteiger partial charge < -0.3 is 0 Å². The van der Waals surface area contributed by atoms with E-state index < -0.39 is 12.1 Å². The molecule has 1 heterocycles. The monoisotopic (exact) mass is 303 g/mol. The molecule has 2 unspecified atom stereocenters. The summed E-state index contributed by atoms with van der Waals surface area (Å²) in [5.74, 6) is -1.66. The molecule has 1 aliphatic heterocycles. The first kappa shape index (κ1) is 16.3. The van der Waals surface area contributed by atoms with Crippen molar-refractivity contribution in [2.75, 3.05) is 6.54 Å². The van der Waals surface area contributed by atoms with Crippen LogP contribution in [0, 0.1) is 11.7 Å². The molecule has 1 aliphatic rings. The van der Waals surface area contributed by atoms with E-state index in [-0.39, 0.29) is 30.2 Å². The quantitative estimate of drug-likeness (QED) is 0.664. The summed E-state index contributed by atoms with van der Waals surface area (Å²) in [6, 6.07) is 5.49. The van der Waals surface area contributed by atoms with E-state index in [0.717, 1.165) is 5.56 Å². The van der Waals surface area contributed by atoms with Crippen LogP contribution >= 0.6 is 0 Å². The fourth-order valence-corrected chi connectivity index (χ4v) is 3.07. The zero-order valence-electron chi connectivity index (χ0n) is 12.5. The number of nitrogens with zero attached hydrogens (tertiary/aromatic N) is 1. The maximum Gasteiger partial charge on any atom is 0.391 e. The van der Waals surface area contributed by atoms with E-state index in [4.69, 9.17) is 0 Å².